The lowest BCUT2D eigenvalue weighted by molar-refractivity contribution is -0.138. The molecule has 6 nitrogen and oxygen atoms in total. The molecule has 1 aromatic rings. The SMILES string of the molecule is O=C1COCC(=O)N1c1cccc(C#CCCO)n1. The van der Waals surface area contributed by atoms with Gasteiger partial charge in [-0.05, 0) is 18.1 Å². The quantitative estimate of drug-likeness (QED) is 0.583. The van der Waals surface area contributed by atoms with Crippen LogP contribution in [0, 0.1) is 11.8 Å². The number of pyridine rings is 1. The van der Waals surface area contributed by atoms with E-state index in [0.29, 0.717) is 12.1 Å². The molecule has 0 aromatic carbocycles. The van der Waals surface area contributed by atoms with Crippen LogP contribution in [0.25, 0.3) is 0 Å². The zero-order valence-corrected chi connectivity index (χ0v) is 10.1. The molecule has 1 aromatic heterocycles. The van der Waals surface area contributed by atoms with Crippen molar-refractivity contribution in [2.24, 2.45) is 0 Å². The fourth-order valence-corrected chi connectivity index (χ4v) is 1.58. The Morgan fingerprint density at radius 2 is 2.05 bits per heavy atom. The number of imide groups is 1. The average molecular weight is 260 g/mol. The minimum Gasteiger partial charge on any atom is -0.395 e. The van der Waals surface area contributed by atoms with Crippen LogP contribution in [0.4, 0.5) is 5.82 Å². The molecule has 0 unspecified atom stereocenters. The van der Waals surface area contributed by atoms with Crippen molar-refractivity contribution in [3.8, 4) is 11.8 Å². The Morgan fingerprint density at radius 1 is 1.32 bits per heavy atom. The van der Waals surface area contributed by atoms with Gasteiger partial charge in [-0.15, -0.1) is 0 Å². The summed E-state index contributed by atoms with van der Waals surface area (Å²) in [4.78, 5) is 28.4. The predicted molar refractivity (Wildman–Crippen MR) is 66.1 cm³/mol. The summed E-state index contributed by atoms with van der Waals surface area (Å²) in [5, 5.41) is 8.64. The van der Waals surface area contributed by atoms with Crippen molar-refractivity contribution in [1.29, 1.82) is 0 Å². The lowest BCUT2D eigenvalue weighted by atomic mass is 10.3. The largest absolute Gasteiger partial charge is 0.395 e. The van der Waals surface area contributed by atoms with Gasteiger partial charge in [-0.25, -0.2) is 9.88 Å². The number of aromatic nitrogens is 1. The molecule has 0 aliphatic carbocycles. The van der Waals surface area contributed by atoms with Crippen LogP contribution in [-0.2, 0) is 14.3 Å². The summed E-state index contributed by atoms with van der Waals surface area (Å²) < 4.78 is 4.83. The molecule has 98 valence electrons. The summed E-state index contributed by atoms with van der Waals surface area (Å²) in [6.07, 6.45) is 0.349. The summed E-state index contributed by atoms with van der Waals surface area (Å²) in [7, 11) is 0. The summed E-state index contributed by atoms with van der Waals surface area (Å²) in [5.74, 6) is 4.84. The second-order valence-corrected chi connectivity index (χ2v) is 3.77. The third kappa shape index (κ3) is 3.16. The van der Waals surface area contributed by atoms with Gasteiger partial charge in [-0.3, -0.25) is 9.59 Å². The normalized spacial score (nSPS) is 15.1. The van der Waals surface area contributed by atoms with Crippen molar-refractivity contribution in [2.75, 3.05) is 24.7 Å². The molecule has 1 aliphatic heterocycles. The molecule has 1 N–H and O–H groups in total. The van der Waals surface area contributed by atoms with Gasteiger partial charge in [0.05, 0.1) is 6.61 Å². The lowest BCUT2D eigenvalue weighted by Gasteiger charge is -2.23. The van der Waals surface area contributed by atoms with Crippen molar-refractivity contribution < 1.29 is 19.4 Å². The fraction of sp³-hybridized carbons (Fsp3) is 0.308. The summed E-state index contributed by atoms with van der Waals surface area (Å²) in [6, 6.07) is 4.91. The summed E-state index contributed by atoms with van der Waals surface area (Å²) in [5.41, 5.74) is 0.443. The molecule has 6 heteroatoms. The van der Waals surface area contributed by atoms with Gasteiger partial charge in [0.15, 0.2) is 0 Å². The Morgan fingerprint density at radius 3 is 2.74 bits per heavy atom. The van der Waals surface area contributed by atoms with Crippen LogP contribution < -0.4 is 4.90 Å². The van der Waals surface area contributed by atoms with E-state index in [4.69, 9.17) is 9.84 Å². The Hall–Kier alpha value is -2.23. The van der Waals surface area contributed by atoms with E-state index in [9.17, 15) is 9.59 Å². The third-order valence-corrected chi connectivity index (χ3v) is 2.37. The van der Waals surface area contributed by atoms with Gasteiger partial charge < -0.3 is 9.84 Å². The molecule has 2 rings (SSSR count). The molecule has 19 heavy (non-hydrogen) atoms. The van der Waals surface area contributed by atoms with Crippen LogP contribution in [-0.4, -0.2) is 41.7 Å². The Kier molecular flexibility index (Phi) is 4.23. The maximum atomic E-state index is 11.6. The van der Waals surface area contributed by atoms with Gasteiger partial charge in [-0.2, -0.15) is 0 Å². The first-order valence-corrected chi connectivity index (χ1v) is 5.72. The maximum absolute atomic E-state index is 11.6. The van der Waals surface area contributed by atoms with Crippen molar-refractivity contribution in [1.82, 2.24) is 4.98 Å². The highest BCUT2D eigenvalue weighted by atomic mass is 16.5. The van der Waals surface area contributed by atoms with E-state index in [2.05, 4.69) is 16.8 Å². The molecule has 0 bridgehead atoms. The number of aliphatic hydroxyl groups is 1. The third-order valence-electron chi connectivity index (χ3n) is 2.37. The van der Waals surface area contributed by atoms with Crippen molar-refractivity contribution >= 4 is 17.6 Å². The van der Waals surface area contributed by atoms with E-state index < -0.39 is 11.8 Å². The van der Waals surface area contributed by atoms with Gasteiger partial charge in [-0.1, -0.05) is 12.0 Å². The summed E-state index contributed by atoms with van der Waals surface area (Å²) >= 11 is 0. The van der Waals surface area contributed by atoms with Gasteiger partial charge in [0.25, 0.3) is 11.8 Å². The molecular weight excluding hydrogens is 248 g/mol. The molecule has 0 radical (unpaired) electrons. The molecule has 2 amide bonds. The van der Waals surface area contributed by atoms with Crippen molar-refractivity contribution in [3.63, 3.8) is 0 Å². The predicted octanol–water partition coefficient (Wildman–Crippen LogP) is -0.295. The number of ether oxygens (including phenoxy) is 1. The maximum Gasteiger partial charge on any atom is 0.261 e. The van der Waals surface area contributed by atoms with Gasteiger partial charge in [0.1, 0.15) is 24.7 Å². The van der Waals surface area contributed by atoms with Gasteiger partial charge in [0, 0.05) is 6.42 Å². The average Bonchev–Trinajstić information content (AvgIpc) is 2.39. The standard InChI is InChI=1S/C13H12N2O4/c16-7-2-1-4-10-5-3-6-11(14-10)15-12(17)8-19-9-13(15)18/h3,5-6,16H,2,7-9H2. The van der Waals surface area contributed by atoms with E-state index in [1.165, 1.54) is 0 Å². The van der Waals surface area contributed by atoms with Crippen LogP contribution in [0.5, 0.6) is 0 Å². The molecule has 0 saturated carbocycles. The van der Waals surface area contributed by atoms with E-state index in [1.54, 1.807) is 18.2 Å². The topological polar surface area (TPSA) is 79.7 Å². The number of aliphatic hydroxyl groups excluding tert-OH is 1. The Bertz CT molecular complexity index is 543. The highest BCUT2D eigenvalue weighted by Crippen LogP contribution is 2.14. The molecular formula is C13H12N2O4. The zero-order chi connectivity index (χ0) is 13.7. The first kappa shape index (κ1) is 13.2. The second-order valence-electron chi connectivity index (χ2n) is 3.77. The first-order chi connectivity index (χ1) is 9.22. The van der Waals surface area contributed by atoms with Crippen LogP contribution >= 0.6 is 0 Å². The van der Waals surface area contributed by atoms with Crippen LogP contribution in [0.2, 0.25) is 0 Å². The first-order valence-electron chi connectivity index (χ1n) is 5.72. The molecule has 1 fully saturated rings. The number of nitrogens with zero attached hydrogens (tertiary/aromatic N) is 2. The number of anilines is 1. The van der Waals surface area contributed by atoms with Crippen LogP contribution in [0.1, 0.15) is 12.1 Å². The summed E-state index contributed by atoms with van der Waals surface area (Å²) in [6.45, 7) is -0.283. The van der Waals surface area contributed by atoms with E-state index in [-0.39, 0.29) is 25.6 Å². The van der Waals surface area contributed by atoms with Crippen molar-refractivity contribution in [3.05, 3.63) is 23.9 Å². The van der Waals surface area contributed by atoms with Crippen LogP contribution in [0.15, 0.2) is 18.2 Å². The molecule has 1 aliphatic rings. The molecule has 2 heterocycles. The molecule has 1 saturated heterocycles. The Labute approximate surface area is 110 Å². The minimum atomic E-state index is -0.441. The van der Waals surface area contributed by atoms with E-state index in [1.807, 2.05) is 0 Å². The Balaban J connectivity index is 2.25. The van der Waals surface area contributed by atoms with Gasteiger partial charge >= 0.3 is 0 Å². The number of hydrogen-bond acceptors (Lipinski definition) is 5. The zero-order valence-electron chi connectivity index (χ0n) is 10.1. The van der Waals surface area contributed by atoms with Crippen molar-refractivity contribution in [2.45, 2.75) is 6.42 Å². The lowest BCUT2D eigenvalue weighted by Crippen LogP contribution is -2.46. The molecule has 0 spiro atoms. The van der Waals surface area contributed by atoms with E-state index >= 15 is 0 Å². The second kappa shape index (κ2) is 6.09. The van der Waals surface area contributed by atoms with E-state index in [0.717, 1.165) is 4.90 Å². The molecule has 0 atom stereocenters. The highest BCUT2D eigenvalue weighted by molar-refractivity contribution is 6.16. The van der Waals surface area contributed by atoms with Gasteiger partial charge in [0.2, 0.25) is 0 Å². The number of rotatable bonds is 2. The number of morpholine rings is 1. The van der Waals surface area contributed by atoms with Crippen LogP contribution in [0.3, 0.4) is 0 Å². The number of carbonyl (C=O) groups excluding carboxylic acids is 2. The number of carbonyl (C=O) groups is 2. The number of amides is 2. The smallest absolute Gasteiger partial charge is 0.261 e. The highest BCUT2D eigenvalue weighted by Gasteiger charge is 2.29. The fourth-order valence-electron chi connectivity index (χ4n) is 1.58. The number of hydrogen-bond donors (Lipinski definition) is 1. The monoisotopic (exact) mass is 260 g/mol. The minimum absolute atomic E-state index is 0.0207.